The maximum Gasteiger partial charge on any atom is 0.325 e. The van der Waals surface area contributed by atoms with E-state index >= 15 is 0 Å². The molecule has 92 valence electrons. The van der Waals surface area contributed by atoms with E-state index in [9.17, 15) is 9.59 Å². The summed E-state index contributed by atoms with van der Waals surface area (Å²) in [6.45, 7) is 3.80. The molecule has 0 saturated carbocycles. The Hall–Kier alpha value is -1.36. The number of ether oxygens (including phenoxy) is 1. The third-order valence-corrected chi connectivity index (χ3v) is 3.19. The van der Waals surface area contributed by atoms with E-state index in [-0.39, 0.29) is 12.5 Å². The first-order valence-electron chi connectivity index (χ1n) is 5.25. The highest BCUT2D eigenvalue weighted by atomic mass is 79.9. The molecule has 0 atom stereocenters. The summed E-state index contributed by atoms with van der Waals surface area (Å²) in [7, 11) is 0. The first kappa shape index (κ1) is 13.7. The van der Waals surface area contributed by atoms with E-state index in [2.05, 4.69) is 21.2 Å². The Bertz CT molecular complexity index is 432. The van der Waals surface area contributed by atoms with Gasteiger partial charge in [-0.15, -0.1) is 0 Å². The number of halogens is 1. The van der Waals surface area contributed by atoms with Crippen LogP contribution < -0.4 is 5.32 Å². The van der Waals surface area contributed by atoms with E-state index in [0.29, 0.717) is 12.2 Å². The second kappa shape index (κ2) is 6.39. The molecule has 0 aromatic heterocycles. The molecule has 1 aromatic rings. The number of aryl methyl sites for hydroxylation is 1. The summed E-state index contributed by atoms with van der Waals surface area (Å²) in [5.74, 6) is -0.738. The van der Waals surface area contributed by atoms with Gasteiger partial charge in [0, 0.05) is 4.47 Å². The van der Waals surface area contributed by atoms with E-state index in [1.165, 1.54) is 0 Å². The minimum absolute atomic E-state index is 0.118. The van der Waals surface area contributed by atoms with Gasteiger partial charge in [0.05, 0.1) is 12.2 Å². The fourth-order valence-electron chi connectivity index (χ4n) is 1.28. The van der Waals surface area contributed by atoms with Crippen LogP contribution >= 0.6 is 15.9 Å². The highest BCUT2D eigenvalue weighted by Gasteiger charge is 2.12. The molecule has 0 heterocycles. The molecule has 0 aliphatic heterocycles. The second-order valence-corrected chi connectivity index (χ2v) is 4.22. The Balaban J connectivity index is 2.64. The number of hydrogen-bond acceptors (Lipinski definition) is 3. The predicted octanol–water partition coefficient (Wildman–Crippen LogP) is 2.05. The van der Waals surface area contributed by atoms with Crippen molar-refractivity contribution in [3.63, 3.8) is 0 Å². The Morgan fingerprint density at radius 3 is 2.76 bits per heavy atom. The quantitative estimate of drug-likeness (QED) is 0.866. The molecule has 1 N–H and O–H groups in total. The van der Waals surface area contributed by atoms with Crippen LogP contribution in [0.2, 0.25) is 0 Å². The zero-order valence-electron chi connectivity index (χ0n) is 9.75. The molecule has 1 aromatic carbocycles. The number of rotatable bonds is 4. The van der Waals surface area contributed by atoms with Crippen molar-refractivity contribution in [2.45, 2.75) is 13.8 Å². The molecule has 0 saturated heterocycles. The van der Waals surface area contributed by atoms with Crippen LogP contribution in [0.15, 0.2) is 22.7 Å². The van der Waals surface area contributed by atoms with Crippen molar-refractivity contribution in [1.82, 2.24) is 5.32 Å². The lowest BCUT2D eigenvalue weighted by molar-refractivity contribution is -0.141. The van der Waals surface area contributed by atoms with Crippen LogP contribution in [0.25, 0.3) is 0 Å². The maximum absolute atomic E-state index is 11.8. The monoisotopic (exact) mass is 299 g/mol. The lowest BCUT2D eigenvalue weighted by atomic mass is 10.1. The van der Waals surface area contributed by atoms with Crippen LogP contribution in [-0.2, 0) is 9.53 Å². The molecule has 1 amide bonds. The van der Waals surface area contributed by atoms with Gasteiger partial charge in [0.2, 0.25) is 0 Å². The van der Waals surface area contributed by atoms with Gasteiger partial charge in [-0.2, -0.15) is 0 Å². The van der Waals surface area contributed by atoms with Crippen molar-refractivity contribution >= 4 is 27.8 Å². The molecule has 0 radical (unpaired) electrons. The number of carbonyl (C=O) groups excluding carboxylic acids is 2. The van der Waals surface area contributed by atoms with Crippen molar-refractivity contribution < 1.29 is 14.3 Å². The number of esters is 1. The Kier molecular flexibility index (Phi) is 5.15. The third kappa shape index (κ3) is 3.85. The minimum Gasteiger partial charge on any atom is -0.465 e. The molecule has 0 spiro atoms. The van der Waals surface area contributed by atoms with Gasteiger partial charge < -0.3 is 10.1 Å². The third-order valence-electron chi connectivity index (χ3n) is 2.14. The van der Waals surface area contributed by atoms with Gasteiger partial charge in [-0.3, -0.25) is 9.59 Å². The number of nitrogens with one attached hydrogen (secondary N) is 1. The van der Waals surface area contributed by atoms with Crippen molar-refractivity contribution in [3.8, 4) is 0 Å². The molecule has 0 bridgehead atoms. The SMILES string of the molecule is CCOC(=O)CNC(=O)c1cccc(C)c1Br. The first-order valence-corrected chi connectivity index (χ1v) is 6.04. The molecule has 5 heteroatoms. The lowest BCUT2D eigenvalue weighted by Gasteiger charge is -2.07. The van der Waals surface area contributed by atoms with Gasteiger partial charge in [0.25, 0.3) is 5.91 Å². The molecule has 0 unspecified atom stereocenters. The molecule has 0 aliphatic carbocycles. The zero-order chi connectivity index (χ0) is 12.8. The average molecular weight is 300 g/mol. The van der Waals surface area contributed by atoms with Crippen molar-refractivity contribution in [1.29, 1.82) is 0 Å². The first-order chi connectivity index (χ1) is 8.06. The normalized spacial score (nSPS) is 9.82. The molecular weight excluding hydrogens is 286 g/mol. The Morgan fingerprint density at radius 2 is 2.12 bits per heavy atom. The molecular formula is C12H14BrNO3. The fourth-order valence-corrected chi connectivity index (χ4v) is 1.73. The smallest absolute Gasteiger partial charge is 0.325 e. The van der Waals surface area contributed by atoms with Gasteiger partial charge in [-0.05, 0) is 41.4 Å². The highest BCUT2D eigenvalue weighted by molar-refractivity contribution is 9.10. The number of hydrogen-bond donors (Lipinski definition) is 1. The highest BCUT2D eigenvalue weighted by Crippen LogP contribution is 2.20. The van der Waals surface area contributed by atoms with Crippen LogP contribution in [0.3, 0.4) is 0 Å². The van der Waals surface area contributed by atoms with Gasteiger partial charge in [-0.1, -0.05) is 12.1 Å². The van der Waals surface area contributed by atoms with Crippen LogP contribution in [0.5, 0.6) is 0 Å². The standard InChI is InChI=1S/C12H14BrNO3/c1-3-17-10(15)7-14-12(16)9-6-4-5-8(2)11(9)13/h4-6H,3,7H2,1-2H3,(H,14,16). The van der Waals surface area contributed by atoms with Gasteiger partial charge in [-0.25, -0.2) is 0 Å². The summed E-state index contributed by atoms with van der Waals surface area (Å²) < 4.78 is 5.45. The van der Waals surface area contributed by atoms with E-state index in [1.54, 1.807) is 19.1 Å². The van der Waals surface area contributed by atoms with Crippen molar-refractivity contribution in [2.75, 3.05) is 13.2 Å². The number of benzene rings is 1. The lowest BCUT2D eigenvalue weighted by Crippen LogP contribution is -2.30. The largest absolute Gasteiger partial charge is 0.465 e. The summed E-state index contributed by atoms with van der Waals surface area (Å²) in [6, 6.07) is 5.38. The minimum atomic E-state index is -0.440. The summed E-state index contributed by atoms with van der Waals surface area (Å²) in [6.07, 6.45) is 0. The number of amides is 1. The predicted molar refractivity (Wildman–Crippen MR) is 67.8 cm³/mol. The van der Waals surface area contributed by atoms with E-state index in [0.717, 1.165) is 10.0 Å². The fraction of sp³-hybridized carbons (Fsp3) is 0.333. The maximum atomic E-state index is 11.8. The summed E-state index contributed by atoms with van der Waals surface area (Å²) >= 11 is 3.34. The molecule has 17 heavy (non-hydrogen) atoms. The zero-order valence-corrected chi connectivity index (χ0v) is 11.3. The van der Waals surface area contributed by atoms with Crippen LogP contribution in [0.1, 0.15) is 22.8 Å². The summed E-state index contributed by atoms with van der Waals surface area (Å²) in [4.78, 5) is 22.9. The van der Waals surface area contributed by atoms with E-state index in [1.807, 2.05) is 13.0 Å². The molecule has 0 fully saturated rings. The topological polar surface area (TPSA) is 55.4 Å². The molecule has 0 aliphatic rings. The van der Waals surface area contributed by atoms with Crippen molar-refractivity contribution in [3.05, 3.63) is 33.8 Å². The Morgan fingerprint density at radius 1 is 1.41 bits per heavy atom. The van der Waals surface area contributed by atoms with Crippen LogP contribution in [0, 0.1) is 6.92 Å². The Labute approximate surface area is 108 Å². The number of carbonyl (C=O) groups is 2. The molecule has 1 rings (SSSR count). The van der Waals surface area contributed by atoms with Crippen molar-refractivity contribution in [2.24, 2.45) is 0 Å². The van der Waals surface area contributed by atoms with Gasteiger partial charge >= 0.3 is 5.97 Å². The summed E-state index contributed by atoms with van der Waals surface area (Å²) in [5.41, 5.74) is 1.48. The van der Waals surface area contributed by atoms with Gasteiger partial charge in [0.1, 0.15) is 6.54 Å². The van der Waals surface area contributed by atoms with Crippen LogP contribution in [-0.4, -0.2) is 25.0 Å². The van der Waals surface area contributed by atoms with Crippen LogP contribution in [0.4, 0.5) is 0 Å². The van der Waals surface area contributed by atoms with Gasteiger partial charge in [0.15, 0.2) is 0 Å². The molecule has 4 nitrogen and oxygen atoms in total. The summed E-state index contributed by atoms with van der Waals surface area (Å²) in [5, 5.41) is 2.51. The average Bonchev–Trinajstić information content (AvgIpc) is 2.30. The second-order valence-electron chi connectivity index (χ2n) is 3.42. The van der Waals surface area contributed by atoms with E-state index in [4.69, 9.17) is 4.74 Å². The van der Waals surface area contributed by atoms with E-state index < -0.39 is 5.97 Å².